The van der Waals surface area contributed by atoms with Crippen molar-refractivity contribution in [2.75, 3.05) is 37.6 Å². The van der Waals surface area contributed by atoms with Gasteiger partial charge in [0.15, 0.2) is 0 Å². The number of allylic oxidation sites excluding steroid dienone is 1. The van der Waals surface area contributed by atoms with Crippen molar-refractivity contribution in [3.63, 3.8) is 0 Å². The minimum Gasteiger partial charge on any atom is -0.369 e. The van der Waals surface area contributed by atoms with Crippen molar-refractivity contribution in [1.82, 2.24) is 4.90 Å². The monoisotopic (exact) mass is 380 g/mol. The Morgan fingerprint density at radius 2 is 1.44 bits per heavy atom. The van der Waals surface area contributed by atoms with Crippen molar-refractivity contribution in [3.8, 4) is 0 Å². The van der Waals surface area contributed by atoms with Crippen molar-refractivity contribution in [3.05, 3.63) is 70.8 Å². The summed E-state index contributed by atoms with van der Waals surface area (Å²) in [5.74, 6) is 0. The first-order valence-electron chi connectivity index (χ1n) is 10.3. The van der Waals surface area contributed by atoms with Crippen LogP contribution < -0.4 is 4.90 Å². The number of hydrogen-bond acceptors (Lipinski definition) is 2. The Morgan fingerprint density at radius 1 is 0.741 bits per heavy atom. The highest BCUT2D eigenvalue weighted by atomic mass is 35.5. The minimum absolute atomic E-state index is 0.826. The van der Waals surface area contributed by atoms with E-state index in [2.05, 4.69) is 52.3 Å². The second-order valence-corrected chi connectivity index (χ2v) is 8.18. The van der Waals surface area contributed by atoms with E-state index in [9.17, 15) is 0 Å². The van der Waals surface area contributed by atoms with Gasteiger partial charge in [-0.25, -0.2) is 0 Å². The average Bonchev–Trinajstić information content (AvgIpc) is 2.95. The molecule has 0 N–H and O–H groups in total. The van der Waals surface area contributed by atoms with Crippen LogP contribution in [0.1, 0.15) is 37.7 Å². The number of halogens is 1. The third-order valence-corrected chi connectivity index (χ3v) is 6.18. The summed E-state index contributed by atoms with van der Waals surface area (Å²) >= 11 is 6.11. The van der Waals surface area contributed by atoms with Crippen LogP contribution in [0.5, 0.6) is 0 Å². The van der Waals surface area contributed by atoms with Gasteiger partial charge >= 0.3 is 0 Å². The smallest absolute Gasteiger partial charge is 0.0406 e. The van der Waals surface area contributed by atoms with E-state index in [-0.39, 0.29) is 0 Å². The zero-order valence-corrected chi connectivity index (χ0v) is 16.8. The molecule has 1 saturated heterocycles. The molecule has 1 heterocycles. The van der Waals surface area contributed by atoms with Gasteiger partial charge in [0.1, 0.15) is 0 Å². The lowest BCUT2D eigenvalue weighted by molar-refractivity contribution is 0.276. The molecule has 0 amide bonds. The van der Waals surface area contributed by atoms with Crippen LogP contribution in [-0.4, -0.2) is 37.6 Å². The van der Waals surface area contributed by atoms with E-state index in [4.69, 9.17) is 11.6 Å². The molecule has 1 aliphatic carbocycles. The van der Waals surface area contributed by atoms with E-state index in [0.717, 1.165) is 37.7 Å². The lowest BCUT2D eigenvalue weighted by atomic mass is 9.95. The third-order valence-electron chi connectivity index (χ3n) is 5.93. The Bertz CT molecular complexity index is 759. The fourth-order valence-electron chi connectivity index (χ4n) is 4.39. The zero-order chi connectivity index (χ0) is 18.5. The number of para-hydroxylation sites is 1. The predicted molar refractivity (Wildman–Crippen MR) is 117 cm³/mol. The second kappa shape index (κ2) is 8.95. The Hall–Kier alpha value is -1.77. The molecule has 2 aliphatic rings. The highest BCUT2D eigenvalue weighted by Crippen LogP contribution is 2.32. The fourth-order valence-corrected chi connectivity index (χ4v) is 4.52. The molecule has 0 radical (unpaired) electrons. The summed E-state index contributed by atoms with van der Waals surface area (Å²) in [6, 6.07) is 19.3. The van der Waals surface area contributed by atoms with Crippen LogP contribution in [0.4, 0.5) is 5.69 Å². The number of benzene rings is 2. The maximum Gasteiger partial charge on any atom is 0.0406 e. The average molecular weight is 381 g/mol. The summed E-state index contributed by atoms with van der Waals surface area (Å²) in [6.07, 6.45) is 6.44. The van der Waals surface area contributed by atoms with E-state index in [1.54, 1.807) is 11.1 Å². The van der Waals surface area contributed by atoms with Gasteiger partial charge in [0, 0.05) is 43.4 Å². The van der Waals surface area contributed by atoms with E-state index in [1.807, 2.05) is 12.1 Å². The molecule has 0 unspecified atom stereocenters. The molecule has 0 saturated carbocycles. The molecule has 2 aromatic carbocycles. The van der Waals surface area contributed by atoms with E-state index < -0.39 is 0 Å². The number of rotatable bonds is 4. The highest BCUT2D eigenvalue weighted by Gasteiger charge is 2.20. The van der Waals surface area contributed by atoms with Crippen LogP contribution in [-0.2, 0) is 0 Å². The maximum absolute atomic E-state index is 6.11. The van der Waals surface area contributed by atoms with Gasteiger partial charge in [-0.05, 0) is 61.1 Å². The van der Waals surface area contributed by atoms with E-state index in [0.29, 0.717) is 0 Å². The summed E-state index contributed by atoms with van der Waals surface area (Å²) in [5, 5.41) is 0.826. The summed E-state index contributed by atoms with van der Waals surface area (Å²) < 4.78 is 0. The minimum atomic E-state index is 0.826. The second-order valence-electron chi connectivity index (χ2n) is 7.75. The molecule has 3 heteroatoms. The van der Waals surface area contributed by atoms with Gasteiger partial charge in [-0.2, -0.15) is 0 Å². The molecule has 0 spiro atoms. The molecule has 0 aromatic heterocycles. The lowest BCUT2D eigenvalue weighted by Gasteiger charge is -2.36. The number of piperazine rings is 1. The van der Waals surface area contributed by atoms with Crippen LogP contribution in [0.2, 0.25) is 5.02 Å². The van der Waals surface area contributed by atoms with Crippen molar-refractivity contribution >= 4 is 22.9 Å². The number of hydrogen-bond donors (Lipinski definition) is 0. The molecule has 0 bridgehead atoms. The largest absolute Gasteiger partial charge is 0.369 e. The molecule has 0 atom stereocenters. The van der Waals surface area contributed by atoms with Gasteiger partial charge in [-0.1, -0.05) is 53.9 Å². The first-order valence-corrected chi connectivity index (χ1v) is 10.7. The van der Waals surface area contributed by atoms with Gasteiger partial charge in [0.2, 0.25) is 0 Å². The first-order chi connectivity index (χ1) is 13.3. The Kier molecular flexibility index (Phi) is 6.16. The van der Waals surface area contributed by atoms with Crippen molar-refractivity contribution in [2.45, 2.75) is 32.1 Å². The number of nitrogens with zero attached hydrogens (tertiary/aromatic N) is 2. The molecular formula is C24H29ClN2. The van der Waals surface area contributed by atoms with Gasteiger partial charge in [0.05, 0.1) is 0 Å². The van der Waals surface area contributed by atoms with Crippen molar-refractivity contribution in [2.24, 2.45) is 0 Å². The summed E-state index contributed by atoms with van der Waals surface area (Å²) in [4.78, 5) is 5.16. The lowest BCUT2D eigenvalue weighted by Crippen LogP contribution is -2.47. The quantitative estimate of drug-likeness (QED) is 0.653. The Morgan fingerprint density at radius 3 is 2.19 bits per heavy atom. The molecule has 1 fully saturated rings. The van der Waals surface area contributed by atoms with Crippen LogP contribution >= 0.6 is 11.6 Å². The molecular weight excluding hydrogens is 352 g/mol. The molecule has 2 nitrogen and oxygen atoms in total. The zero-order valence-electron chi connectivity index (χ0n) is 16.0. The van der Waals surface area contributed by atoms with Crippen molar-refractivity contribution in [1.29, 1.82) is 0 Å². The summed E-state index contributed by atoms with van der Waals surface area (Å²) in [7, 11) is 0. The maximum atomic E-state index is 6.11. The number of anilines is 1. The van der Waals surface area contributed by atoms with Gasteiger partial charge in [-0.3, -0.25) is 4.90 Å². The summed E-state index contributed by atoms with van der Waals surface area (Å²) in [6.45, 7) is 5.65. The van der Waals surface area contributed by atoms with Crippen molar-refractivity contribution < 1.29 is 0 Å². The molecule has 2 aromatic rings. The van der Waals surface area contributed by atoms with Crippen LogP contribution in [0.25, 0.3) is 5.57 Å². The SMILES string of the molecule is Clc1ccc(C2=C(CN3CCN(c4ccccc4)CC3)CCCCC2)cc1. The van der Waals surface area contributed by atoms with Gasteiger partial charge in [0.25, 0.3) is 0 Å². The first kappa shape index (κ1) is 18.6. The summed E-state index contributed by atoms with van der Waals surface area (Å²) in [5.41, 5.74) is 5.96. The Labute approximate surface area is 168 Å². The molecule has 1 aliphatic heterocycles. The van der Waals surface area contributed by atoms with E-state index >= 15 is 0 Å². The molecule has 27 heavy (non-hydrogen) atoms. The molecule has 142 valence electrons. The third kappa shape index (κ3) is 4.75. The van der Waals surface area contributed by atoms with E-state index in [1.165, 1.54) is 43.4 Å². The normalized spacial score (nSPS) is 19.2. The van der Waals surface area contributed by atoms with Crippen LogP contribution in [0, 0.1) is 0 Å². The standard InChI is InChI=1S/C24H29ClN2/c25-22-13-11-20(12-14-22)24-10-6-1-3-7-21(24)19-26-15-17-27(18-16-26)23-8-4-2-5-9-23/h2,4-5,8-9,11-14H,1,3,6-7,10,15-19H2. The van der Waals surface area contributed by atoms with Crippen LogP contribution in [0.15, 0.2) is 60.2 Å². The molecule has 4 rings (SSSR count). The van der Waals surface area contributed by atoms with Crippen LogP contribution in [0.3, 0.4) is 0 Å². The van der Waals surface area contributed by atoms with Gasteiger partial charge < -0.3 is 4.90 Å². The van der Waals surface area contributed by atoms with Gasteiger partial charge in [-0.15, -0.1) is 0 Å². The fraction of sp³-hybridized carbons (Fsp3) is 0.417. The highest BCUT2D eigenvalue weighted by molar-refractivity contribution is 6.30. The Balaban J connectivity index is 1.45. The predicted octanol–water partition coefficient (Wildman–Crippen LogP) is 5.88. The topological polar surface area (TPSA) is 6.48 Å².